The molecule has 3 nitrogen and oxygen atoms in total. The zero-order chi connectivity index (χ0) is 10.6. The molecule has 15 heavy (non-hydrogen) atoms. The van der Waals surface area contributed by atoms with E-state index < -0.39 is 0 Å². The lowest BCUT2D eigenvalue weighted by Gasteiger charge is -2.56. The van der Waals surface area contributed by atoms with E-state index in [0.717, 1.165) is 5.92 Å². The molecule has 0 amide bonds. The molecule has 3 atom stereocenters. The van der Waals surface area contributed by atoms with Crippen molar-refractivity contribution in [2.45, 2.75) is 19.9 Å². The third kappa shape index (κ3) is 1.30. The van der Waals surface area contributed by atoms with Crippen molar-refractivity contribution in [1.82, 2.24) is 9.80 Å². The summed E-state index contributed by atoms with van der Waals surface area (Å²) in [6.45, 7) is 12.2. The number of nitrogens with zero attached hydrogens (tertiary/aromatic N) is 2. The Bertz CT molecular complexity index is 248. The van der Waals surface area contributed by atoms with E-state index in [1.165, 1.54) is 39.3 Å². The zero-order valence-electron chi connectivity index (χ0n) is 9.95. The highest BCUT2D eigenvalue weighted by Gasteiger charge is 2.53. The van der Waals surface area contributed by atoms with E-state index in [-0.39, 0.29) is 0 Å². The van der Waals surface area contributed by atoms with Gasteiger partial charge in [0.1, 0.15) is 0 Å². The lowest BCUT2D eigenvalue weighted by Crippen LogP contribution is -2.68. The Kier molecular flexibility index (Phi) is 2.14. The second-order valence-electron chi connectivity index (χ2n) is 6.14. The Morgan fingerprint density at radius 2 is 1.67 bits per heavy atom. The van der Waals surface area contributed by atoms with Crippen LogP contribution in [-0.4, -0.2) is 55.1 Å². The molecule has 2 unspecified atom stereocenters. The van der Waals surface area contributed by atoms with Gasteiger partial charge in [0, 0.05) is 56.6 Å². The van der Waals surface area contributed by atoms with Gasteiger partial charge in [-0.1, -0.05) is 13.8 Å². The average molecular weight is 209 g/mol. The third-order valence-electron chi connectivity index (χ3n) is 5.08. The first-order valence-electron chi connectivity index (χ1n) is 6.32. The van der Waals surface area contributed by atoms with Crippen LogP contribution in [0.2, 0.25) is 0 Å². The number of piperidine rings is 2. The molecule has 2 N–H and O–H groups in total. The van der Waals surface area contributed by atoms with Gasteiger partial charge in [-0.3, -0.25) is 0 Å². The maximum Gasteiger partial charge on any atom is 0.0176 e. The summed E-state index contributed by atoms with van der Waals surface area (Å²) < 4.78 is 0. The fourth-order valence-corrected chi connectivity index (χ4v) is 4.01. The van der Waals surface area contributed by atoms with Gasteiger partial charge < -0.3 is 15.5 Å². The summed E-state index contributed by atoms with van der Waals surface area (Å²) in [6.07, 6.45) is 0. The third-order valence-corrected chi connectivity index (χ3v) is 5.08. The van der Waals surface area contributed by atoms with Gasteiger partial charge in [0.2, 0.25) is 0 Å². The summed E-state index contributed by atoms with van der Waals surface area (Å²) in [7, 11) is 0. The molecule has 4 heterocycles. The minimum atomic E-state index is 0.373. The van der Waals surface area contributed by atoms with Gasteiger partial charge in [-0.2, -0.15) is 0 Å². The van der Waals surface area contributed by atoms with Crippen LogP contribution in [-0.2, 0) is 0 Å². The SMILES string of the molecule is CC(C)C12CN3CCN(CC(C3)[C@H]1N)C2. The molecule has 86 valence electrons. The molecule has 4 saturated heterocycles. The largest absolute Gasteiger partial charge is 0.327 e. The van der Waals surface area contributed by atoms with Gasteiger partial charge in [-0.05, 0) is 5.92 Å². The Balaban J connectivity index is 1.99. The molecule has 0 aromatic heterocycles. The van der Waals surface area contributed by atoms with E-state index in [1.54, 1.807) is 0 Å². The standard InChI is InChI=1S/C12H23N3/c1-9(2)12-7-14-3-4-15(8-12)6-10(5-14)11(12)13/h9-11H,3-8,13H2,1-2H3/t10?,11-,12?/m1/s1. The molecule has 0 radical (unpaired) electrons. The topological polar surface area (TPSA) is 32.5 Å². The highest BCUT2D eigenvalue weighted by Crippen LogP contribution is 2.44. The van der Waals surface area contributed by atoms with E-state index in [2.05, 4.69) is 23.6 Å². The summed E-state index contributed by atoms with van der Waals surface area (Å²) in [5.41, 5.74) is 6.89. The molecule has 4 aliphatic rings. The van der Waals surface area contributed by atoms with E-state index >= 15 is 0 Å². The van der Waals surface area contributed by atoms with Crippen molar-refractivity contribution in [3.63, 3.8) is 0 Å². The Morgan fingerprint density at radius 3 is 2.13 bits per heavy atom. The smallest absolute Gasteiger partial charge is 0.0176 e. The Labute approximate surface area is 92.6 Å². The van der Waals surface area contributed by atoms with Crippen molar-refractivity contribution in [3.05, 3.63) is 0 Å². The van der Waals surface area contributed by atoms with Gasteiger partial charge in [0.15, 0.2) is 0 Å². The molecule has 3 heteroatoms. The van der Waals surface area contributed by atoms with Crippen LogP contribution in [0.3, 0.4) is 0 Å². The van der Waals surface area contributed by atoms with Gasteiger partial charge >= 0.3 is 0 Å². The lowest BCUT2D eigenvalue weighted by molar-refractivity contribution is -0.0463. The van der Waals surface area contributed by atoms with Crippen molar-refractivity contribution in [2.75, 3.05) is 39.3 Å². The van der Waals surface area contributed by atoms with Crippen molar-refractivity contribution in [2.24, 2.45) is 23.0 Å². The summed E-state index contributed by atoms with van der Waals surface area (Å²) in [5.74, 6) is 1.43. The molecule has 4 rings (SSSR count). The molecule has 4 fully saturated rings. The molecule has 4 aliphatic heterocycles. The lowest BCUT2D eigenvalue weighted by atomic mass is 9.63. The van der Waals surface area contributed by atoms with E-state index in [0.29, 0.717) is 17.4 Å². The Morgan fingerprint density at radius 1 is 1.13 bits per heavy atom. The molecule has 0 aliphatic carbocycles. The Hall–Kier alpha value is -0.120. The van der Waals surface area contributed by atoms with E-state index in [9.17, 15) is 0 Å². The number of hydrogen-bond acceptors (Lipinski definition) is 3. The van der Waals surface area contributed by atoms with E-state index in [1.807, 2.05) is 0 Å². The van der Waals surface area contributed by atoms with Gasteiger partial charge in [-0.25, -0.2) is 0 Å². The van der Waals surface area contributed by atoms with Crippen molar-refractivity contribution in [1.29, 1.82) is 0 Å². The first kappa shape index (κ1) is 10.1. The second kappa shape index (κ2) is 3.19. The molecule has 0 aromatic rings. The minimum Gasteiger partial charge on any atom is -0.327 e. The monoisotopic (exact) mass is 209 g/mol. The first-order chi connectivity index (χ1) is 7.12. The fraction of sp³-hybridized carbons (Fsp3) is 1.00. The molecule has 0 saturated carbocycles. The van der Waals surface area contributed by atoms with Gasteiger partial charge in [0.05, 0.1) is 0 Å². The van der Waals surface area contributed by atoms with E-state index in [4.69, 9.17) is 5.73 Å². The van der Waals surface area contributed by atoms with Crippen LogP contribution in [0.1, 0.15) is 13.8 Å². The summed E-state index contributed by atoms with van der Waals surface area (Å²) in [5, 5.41) is 0. The van der Waals surface area contributed by atoms with Crippen LogP contribution < -0.4 is 5.73 Å². The number of rotatable bonds is 1. The molecular formula is C12H23N3. The summed E-state index contributed by atoms with van der Waals surface area (Å²) in [6, 6.07) is 0.433. The number of fused-ring (bicyclic) bond motifs is 1. The predicted octanol–water partition coefficient (Wildman–Crippen LogP) is 0.217. The van der Waals surface area contributed by atoms with Gasteiger partial charge in [-0.15, -0.1) is 0 Å². The predicted molar refractivity (Wildman–Crippen MR) is 61.6 cm³/mol. The number of hydrogen-bond donors (Lipinski definition) is 1. The quantitative estimate of drug-likeness (QED) is 0.670. The van der Waals surface area contributed by atoms with Crippen molar-refractivity contribution >= 4 is 0 Å². The first-order valence-corrected chi connectivity index (χ1v) is 6.32. The molecular weight excluding hydrogens is 186 g/mol. The van der Waals surface area contributed by atoms with Crippen LogP contribution >= 0.6 is 0 Å². The average Bonchev–Trinajstić information content (AvgIpc) is 2.41. The fourth-order valence-electron chi connectivity index (χ4n) is 4.01. The molecule has 0 aromatic carbocycles. The molecule has 4 bridgehead atoms. The normalized spacial score (nSPS) is 53.6. The molecule has 0 spiro atoms. The van der Waals surface area contributed by atoms with Crippen molar-refractivity contribution < 1.29 is 0 Å². The van der Waals surface area contributed by atoms with Gasteiger partial charge in [0.25, 0.3) is 0 Å². The zero-order valence-corrected chi connectivity index (χ0v) is 9.95. The highest BCUT2D eigenvalue weighted by molar-refractivity contribution is 5.08. The maximum absolute atomic E-state index is 6.52. The van der Waals surface area contributed by atoms with Crippen LogP contribution in [0.4, 0.5) is 0 Å². The number of nitrogens with two attached hydrogens (primary N) is 1. The summed E-state index contributed by atoms with van der Waals surface area (Å²) >= 11 is 0. The second-order valence-corrected chi connectivity index (χ2v) is 6.14. The minimum absolute atomic E-state index is 0.373. The van der Waals surface area contributed by atoms with Crippen LogP contribution in [0.5, 0.6) is 0 Å². The van der Waals surface area contributed by atoms with Crippen LogP contribution in [0, 0.1) is 17.3 Å². The summed E-state index contributed by atoms with van der Waals surface area (Å²) in [4.78, 5) is 5.31. The van der Waals surface area contributed by atoms with Crippen LogP contribution in [0.25, 0.3) is 0 Å². The van der Waals surface area contributed by atoms with Crippen LogP contribution in [0.15, 0.2) is 0 Å². The highest BCUT2D eigenvalue weighted by atomic mass is 15.3. The van der Waals surface area contributed by atoms with Crippen molar-refractivity contribution in [3.8, 4) is 0 Å². The maximum atomic E-state index is 6.52.